The molecule has 1 aliphatic heterocycles. The first-order valence-corrected chi connectivity index (χ1v) is 8.47. The molecule has 4 rings (SSSR count). The average molecular weight is 368 g/mol. The lowest BCUT2D eigenvalue weighted by Gasteiger charge is -2.33. The van der Waals surface area contributed by atoms with Crippen molar-refractivity contribution < 1.29 is 8.78 Å². The second-order valence-corrected chi connectivity index (χ2v) is 6.43. The Balaban J connectivity index is 1.74. The minimum Gasteiger partial charge on any atom is -0.382 e. The zero-order chi connectivity index (χ0) is 19.0. The molecule has 0 spiro atoms. The Morgan fingerprint density at radius 2 is 2.04 bits per heavy atom. The van der Waals surface area contributed by atoms with Crippen LogP contribution in [0.4, 0.5) is 8.78 Å². The van der Waals surface area contributed by atoms with Crippen LogP contribution in [0.3, 0.4) is 0 Å². The van der Waals surface area contributed by atoms with E-state index >= 15 is 0 Å². The predicted octanol–water partition coefficient (Wildman–Crippen LogP) is 2.89. The molecule has 1 unspecified atom stereocenters. The summed E-state index contributed by atoms with van der Waals surface area (Å²) in [5.74, 6) is 0.259. The fourth-order valence-corrected chi connectivity index (χ4v) is 3.24. The molecular formula is C19H18F2N6. The Morgan fingerprint density at radius 1 is 1.22 bits per heavy atom. The van der Waals surface area contributed by atoms with Gasteiger partial charge in [-0.15, -0.1) is 0 Å². The molecule has 0 fully saturated rings. The molecule has 3 aromatic rings. The Bertz CT molecular complexity index is 1030. The molecule has 0 bridgehead atoms. The molecule has 3 heterocycles. The summed E-state index contributed by atoms with van der Waals surface area (Å²) in [7, 11) is 0. The van der Waals surface area contributed by atoms with E-state index in [1.165, 1.54) is 15.8 Å². The van der Waals surface area contributed by atoms with E-state index in [-0.39, 0.29) is 18.2 Å². The number of benzene rings is 1. The first kappa shape index (κ1) is 17.1. The number of aryl methyl sites for hydroxylation is 1. The molecule has 2 aromatic heterocycles. The van der Waals surface area contributed by atoms with Crippen molar-refractivity contribution in [2.75, 3.05) is 0 Å². The normalized spacial score (nSPS) is 17.3. The molecule has 0 aliphatic carbocycles. The smallest absolute Gasteiger partial charge is 0.265 e. The molecule has 6 nitrogen and oxygen atoms in total. The SMILES string of the molecule is Cc1cnn(C2=NC(N)=CN(Cc3cccc4cccnc34)C2C(F)F)c1. The van der Waals surface area contributed by atoms with Gasteiger partial charge < -0.3 is 10.6 Å². The van der Waals surface area contributed by atoms with Crippen LogP contribution in [0.2, 0.25) is 0 Å². The molecule has 8 heteroatoms. The maximum atomic E-state index is 14.0. The number of halogens is 2. The Morgan fingerprint density at radius 3 is 2.78 bits per heavy atom. The lowest BCUT2D eigenvalue weighted by Crippen LogP contribution is -2.48. The highest BCUT2D eigenvalue weighted by Crippen LogP contribution is 2.24. The second kappa shape index (κ2) is 6.79. The summed E-state index contributed by atoms with van der Waals surface area (Å²) in [5.41, 5.74) is 8.38. The van der Waals surface area contributed by atoms with Gasteiger partial charge in [-0.05, 0) is 24.1 Å². The highest BCUT2D eigenvalue weighted by molar-refractivity contribution is 5.91. The van der Waals surface area contributed by atoms with Crippen molar-refractivity contribution in [2.45, 2.75) is 25.9 Å². The van der Waals surface area contributed by atoms with Crippen LogP contribution < -0.4 is 5.73 Å². The average Bonchev–Trinajstić information content (AvgIpc) is 3.07. The Kier molecular flexibility index (Phi) is 4.31. The fourth-order valence-electron chi connectivity index (χ4n) is 3.24. The number of aliphatic imine (C=N–C) groups is 1. The van der Waals surface area contributed by atoms with Crippen LogP contribution in [0.5, 0.6) is 0 Å². The van der Waals surface area contributed by atoms with Gasteiger partial charge in [-0.3, -0.25) is 4.98 Å². The van der Waals surface area contributed by atoms with E-state index < -0.39 is 12.5 Å². The van der Waals surface area contributed by atoms with Crippen LogP contribution in [-0.2, 0) is 6.54 Å². The summed E-state index contributed by atoms with van der Waals surface area (Å²) in [6, 6.07) is 8.23. The van der Waals surface area contributed by atoms with Gasteiger partial charge in [0.25, 0.3) is 6.43 Å². The summed E-state index contributed by atoms with van der Waals surface area (Å²) in [5, 5.41) is 5.08. The second-order valence-electron chi connectivity index (χ2n) is 6.43. The molecule has 0 radical (unpaired) electrons. The number of rotatable bonds is 3. The standard InChI is InChI=1S/C19H18F2N6/c1-12-8-24-27(9-12)19-17(18(20)21)26(11-15(22)25-19)10-14-5-2-4-13-6-3-7-23-16(13)14/h2-9,11,17-18H,10,22H2,1H3. The van der Waals surface area contributed by atoms with E-state index in [1.54, 1.807) is 18.6 Å². The van der Waals surface area contributed by atoms with Crippen molar-refractivity contribution in [2.24, 2.45) is 10.7 Å². The van der Waals surface area contributed by atoms with E-state index in [2.05, 4.69) is 15.1 Å². The quantitative estimate of drug-likeness (QED) is 0.772. The third-order valence-corrected chi connectivity index (χ3v) is 4.42. The highest BCUT2D eigenvalue weighted by atomic mass is 19.3. The zero-order valence-corrected chi connectivity index (χ0v) is 14.6. The monoisotopic (exact) mass is 368 g/mol. The molecule has 27 heavy (non-hydrogen) atoms. The minimum atomic E-state index is -2.67. The molecule has 138 valence electrons. The number of hydrogen-bond donors (Lipinski definition) is 1. The lowest BCUT2D eigenvalue weighted by atomic mass is 10.1. The summed E-state index contributed by atoms with van der Waals surface area (Å²) in [6.45, 7) is 2.06. The van der Waals surface area contributed by atoms with Crippen molar-refractivity contribution in [3.63, 3.8) is 0 Å². The number of pyridine rings is 1. The largest absolute Gasteiger partial charge is 0.382 e. The van der Waals surface area contributed by atoms with Crippen LogP contribution in [0.1, 0.15) is 11.1 Å². The molecule has 1 atom stereocenters. The molecule has 2 N–H and O–H groups in total. The number of nitrogens with two attached hydrogens (primary N) is 1. The first-order chi connectivity index (χ1) is 13.0. The maximum Gasteiger partial charge on any atom is 0.265 e. The van der Waals surface area contributed by atoms with Crippen molar-refractivity contribution in [3.8, 4) is 0 Å². The van der Waals surface area contributed by atoms with E-state index in [9.17, 15) is 8.78 Å². The van der Waals surface area contributed by atoms with E-state index in [0.717, 1.165) is 22.0 Å². The zero-order valence-electron chi connectivity index (χ0n) is 14.6. The lowest BCUT2D eigenvalue weighted by molar-refractivity contribution is 0.0740. The Hall–Kier alpha value is -3.29. The predicted molar refractivity (Wildman–Crippen MR) is 99.1 cm³/mol. The van der Waals surface area contributed by atoms with E-state index in [1.807, 2.05) is 37.3 Å². The first-order valence-electron chi connectivity index (χ1n) is 8.47. The van der Waals surface area contributed by atoms with Gasteiger partial charge >= 0.3 is 0 Å². The number of hydrogen-bond acceptors (Lipinski definition) is 5. The summed E-state index contributed by atoms with van der Waals surface area (Å²) < 4.78 is 29.4. The topological polar surface area (TPSA) is 72.3 Å². The van der Waals surface area contributed by atoms with Gasteiger partial charge in [-0.2, -0.15) is 5.10 Å². The third-order valence-electron chi connectivity index (χ3n) is 4.42. The molecule has 1 aliphatic rings. The third kappa shape index (κ3) is 3.25. The van der Waals surface area contributed by atoms with Crippen molar-refractivity contribution in [3.05, 3.63) is 72.1 Å². The summed E-state index contributed by atoms with van der Waals surface area (Å²) >= 11 is 0. The van der Waals surface area contributed by atoms with Gasteiger partial charge in [0.2, 0.25) is 0 Å². The summed E-state index contributed by atoms with van der Waals surface area (Å²) in [6.07, 6.45) is 3.73. The van der Waals surface area contributed by atoms with Crippen molar-refractivity contribution >= 4 is 16.7 Å². The molecule has 0 amide bonds. The number of nitrogens with zero attached hydrogens (tertiary/aromatic N) is 5. The fraction of sp³-hybridized carbons (Fsp3) is 0.211. The number of fused-ring (bicyclic) bond motifs is 1. The summed E-state index contributed by atoms with van der Waals surface area (Å²) in [4.78, 5) is 10.0. The molecule has 0 saturated carbocycles. The number of aromatic nitrogens is 3. The number of para-hydroxylation sites is 1. The van der Waals surface area contributed by atoms with Crippen LogP contribution in [0.25, 0.3) is 10.9 Å². The van der Waals surface area contributed by atoms with Gasteiger partial charge in [0.05, 0.1) is 11.7 Å². The number of alkyl halides is 2. The molecular weight excluding hydrogens is 350 g/mol. The van der Waals surface area contributed by atoms with Gasteiger partial charge in [0, 0.05) is 30.5 Å². The van der Waals surface area contributed by atoms with Crippen molar-refractivity contribution in [1.29, 1.82) is 0 Å². The van der Waals surface area contributed by atoms with Crippen LogP contribution in [0, 0.1) is 6.92 Å². The minimum absolute atomic E-state index is 0.103. The highest BCUT2D eigenvalue weighted by Gasteiger charge is 2.35. The van der Waals surface area contributed by atoms with Crippen LogP contribution in [-0.4, -0.2) is 38.0 Å². The van der Waals surface area contributed by atoms with Gasteiger partial charge in [-0.25, -0.2) is 18.5 Å². The van der Waals surface area contributed by atoms with Gasteiger partial charge in [0.1, 0.15) is 5.82 Å². The van der Waals surface area contributed by atoms with Gasteiger partial charge in [-0.1, -0.05) is 24.3 Å². The van der Waals surface area contributed by atoms with Crippen LogP contribution >= 0.6 is 0 Å². The van der Waals surface area contributed by atoms with E-state index in [4.69, 9.17) is 5.73 Å². The van der Waals surface area contributed by atoms with E-state index in [0.29, 0.717) is 0 Å². The molecule has 0 saturated heterocycles. The van der Waals surface area contributed by atoms with Gasteiger partial charge in [0.15, 0.2) is 11.9 Å². The van der Waals surface area contributed by atoms with Crippen LogP contribution in [0.15, 0.2) is 65.9 Å². The maximum absolute atomic E-state index is 14.0. The molecule has 1 aromatic carbocycles. The Labute approximate surface area is 154 Å². The van der Waals surface area contributed by atoms with Crippen molar-refractivity contribution in [1.82, 2.24) is 19.7 Å².